The van der Waals surface area contributed by atoms with Crippen LogP contribution < -0.4 is 16.0 Å². The number of esters is 1. The molecule has 3 aromatic rings. The third-order valence-corrected chi connectivity index (χ3v) is 7.15. The maximum absolute atomic E-state index is 12.3. The molecule has 1 atom stereocenters. The molecule has 2 aromatic carbocycles. The van der Waals surface area contributed by atoms with Crippen LogP contribution in [0.4, 0.5) is 5.82 Å². The topological polar surface area (TPSA) is 159 Å². The number of hydrogen-bond acceptors (Lipinski definition) is 8. The number of piperidine rings is 1. The zero-order valence-corrected chi connectivity index (χ0v) is 24.7. The Morgan fingerprint density at radius 2 is 1.70 bits per heavy atom. The number of aryl methyl sites for hydroxylation is 1. The van der Waals surface area contributed by atoms with E-state index in [-0.39, 0.29) is 12.5 Å². The predicted octanol–water partition coefficient (Wildman–Crippen LogP) is 4.00. The molecule has 1 aromatic heterocycles. The molecular formula is C33H39N5O5. The number of pyridine rings is 1. The quantitative estimate of drug-likeness (QED) is 0.299. The minimum absolute atomic E-state index is 0.0628. The van der Waals surface area contributed by atoms with Gasteiger partial charge in [-0.1, -0.05) is 60.7 Å². The minimum atomic E-state index is -0.959. The van der Waals surface area contributed by atoms with Crippen LogP contribution >= 0.6 is 0 Å². The van der Waals surface area contributed by atoms with Gasteiger partial charge in [0.15, 0.2) is 0 Å². The van der Waals surface area contributed by atoms with Crippen LogP contribution in [0.25, 0.3) is 0 Å². The van der Waals surface area contributed by atoms with Crippen LogP contribution in [0, 0.1) is 24.2 Å². The van der Waals surface area contributed by atoms with Crippen LogP contribution in [-0.4, -0.2) is 53.7 Å². The summed E-state index contributed by atoms with van der Waals surface area (Å²) in [6.07, 6.45) is 2.59. The van der Waals surface area contributed by atoms with Crippen LogP contribution in [0.2, 0.25) is 0 Å². The number of carboxylic acids is 1. The SMILES string of the molecule is CCOC(=O)c1cc(C#N)c(N2CCC(CC(=O)NCc3ccccc3)CC2)nc1C.N[C@@H](Cc1ccccc1)C(=O)O. The van der Waals surface area contributed by atoms with Gasteiger partial charge in [-0.3, -0.25) is 9.59 Å². The third-order valence-electron chi connectivity index (χ3n) is 7.15. The van der Waals surface area contributed by atoms with Crippen molar-refractivity contribution in [3.05, 3.63) is 94.7 Å². The molecule has 2 heterocycles. The van der Waals surface area contributed by atoms with Crippen molar-refractivity contribution in [3.8, 4) is 6.07 Å². The van der Waals surface area contributed by atoms with E-state index in [9.17, 15) is 19.6 Å². The summed E-state index contributed by atoms with van der Waals surface area (Å²) in [5.41, 5.74) is 8.63. The molecule has 1 aliphatic rings. The number of anilines is 1. The molecule has 0 radical (unpaired) electrons. The van der Waals surface area contributed by atoms with Crippen LogP contribution in [0.5, 0.6) is 0 Å². The first-order chi connectivity index (χ1) is 20.7. The lowest BCUT2D eigenvalue weighted by Crippen LogP contribution is -2.37. The number of ether oxygens (including phenoxy) is 1. The van der Waals surface area contributed by atoms with Crippen molar-refractivity contribution in [2.75, 3.05) is 24.6 Å². The number of benzene rings is 2. The Kier molecular flexibility index (Phi) is 12.7. The molecule has 0 aliphatic carbocycles. The molecule has 4 rings (SSSR count). The maximum atomic E-state index is 12.3. The largest absolute Gasteiger partial charge is 0.480 e. The fourth-order valence-corrected chi connectivity index (χ4v) is 4.77. The van der Waals surface area contributed by atoms with Gasteiger partial charge in [-0.05, 0) is 56.2 Å². The van der Waals surface area contributed by atoms with Crippen molar-refractivity contribution in [1.29, 1.82) is 5.26 Å². The summed E-state index contributed by atoms with van der Waals surface area (Å²) in [4.78, 5) is 41.4. The number of nitrogens with two attached hydrogens (primary N) is 1. The first-order valence-electron chi connectivity index (χ1n) is 14.4. The number of carboxylic acid groups (broad SMARTS) is 1. The van der Waals surface area contributed by atoms with Gasteiger partial charge in [0, 0.05) is 26.1 Å². The predicted molar refractivity (Wildman–Crippen MR) is 163 cm³/mol. The van der Waals surface area contributed by atoms with E-state index in [0.29, 0.717) is 47.9 Å². The highest BCUT2D eigenvalue weighted by molar-refractivity contribution is 5.91. The van der Waals surface area contributed by atoms with Gasteiger partial charge in [0.1, 0.15) is 17.9 Å². The molecule has 0 unspecified atom stereocenters. The van der Waals surface area contributed by atoms with Gasteiger partial charge < -0.3 is 25.8 Å². The van der Waals surface area contributed by atoms with Crippen molar-refractivity contribution in [3.63, 3.8) is 0 Å². The Morgan fingerprint density at radius 3 is 2.26 bits per heavy atom. The van der Waals surface area contributed by atoms with Gasteiger partial charge >= 0.3 is 11.9 Å². The lowest BCUT2D eigenvalue weighted by Gasteiger charge is -2.33. The van der Waals surface area contributed by atoms with Gasteiger partial charge in [0.2, 0.25) is 5.91 Å². The van der Waals surface area contributed by atoms with Crippen LogP contribution in [-0.2, 0) is 27.3 Å². The lowest BCUT2D eigenvalue weighted by molar-refractivity contribution is -0.138. The molecular weight excluding hydrogens is 546 g/mol. The summed E-state index contributed by atoms with van der Waals surface area (Å²) >= 11 is 0. The highest BCUT2D eigenvalue weighted by Crippen LogP contribution is 2.28. The number of nitriles is 1. The highest BCUT2D eigenvalue weighted by Gasteiger charge is 2.25. The molecule has 0 spiro atoms. The smallest absolute Gasteiger partial charge is 0.340 e. The highest BCUT2D eigenvalue weighted by atomic mass is 16.5. The van der Waals surface area contributed by atoms with Crippen molar-refractivity contribution in [2.24, 2.45) is 11.7 Å². The van der Waals surface area contributed by atoms with Crippen LogP contribution in [0.1, 0.15) is 58.9 Å². The number of carbonyl (C=O) groups is 3. The summed E-state index contributed by atoms with van der Waals surface area (Å²) in [7, 11) is 0. The standard InChI is InChI=1S/C24H28N4O3.C9H11NO2/c1-3-31-24(30)21-14-20(15-25)23(27-17(21)2)28-11-9-18(10-12-28)13-22(29)26-16-19-7-5-4-6-8-19;10-8(9(11)12)6-7-4-2-1-3-5-7/h4-8,14,18H,3,9-13,16H2,1-2H3,(H,26,29);1-5,8H,6,10H2,(H,11,12)/t;8-/m.0/s1. The van der Waals surface area contributed by atoms with Crippen molar-refractivity contribution < 1.29 is 24.2 Å². The van der Waals surface area contributed by atoms with Crippen molar-refractivity contribution in [2.45, 2.75) is 52.1 Å². The molecule has 10 heteroatoms. The molecule has 43 heavy (non-hydrogen) atoms. The molecule has 0 saturated carbocycles. The molecule has 226 valence electrons. The number of amides is 1. The summed E-state index contributed by atoms with van der Waals surface area (Å²) < 4.78 is 5.05. The van der Waals surface area contributed by atoms with E-state index >= 15 is 0 Å². The van der Waals surface area contributed by atoms with Crippen molar-refractivity contribution >= 4 is 23.7 Å². The lowest BCUT2D eigenvalue weighted by atomic mass is 9.93. The van der Waals surface area contributed by atoms with E-state index < -0.39 is 18.0 Å². The Morgan fingerprint density at radius 1 is 1.09 bits per heavy atom. The van der Waals surface area contributed by atoms with Crippen LogP contribution in [0.15, 0.2) is 66.7 Å². The second-order valence-electron chi connectivity index (χ2n) is 10.4. The van der Waals surface area contributed by atoms with E-state index in [4.69, 9.17) is 15.6 Å². The number of carbonyl (C=O) groups excluding carboxylic acids is 2. The first-order valence-corrected chi connectivity index (χ1v) is 14.4. The number of hydrogen-bond donors (Lipinski definition) is 3. The average Bonchev–Trinajstić information content (AvgIpc) is 3.01. The van der Waals surface area contributed by atoms with E-state index in [2.05, 4.69) is 21.3 Å². The van der Waals surface area contributed by atoms with Crippen molar-refractivity contribution in [1.82, 2.24) is 10.3 Å². The molecule has 1 aliphatic heterocycles. The fraction of sp³-hybridized carbons (Fsp3) is 0.364. The van der Waals surface area contributed by atoms with E-state index in [1.807, 2.05) is 60.7 Å². The van der Waals surface area contributed by atoms with Gasteiger partial charge in [-0.15, -0.1) is 0 Å². The first kappa shape index (κ1) is 32.8. The molecule has 4 N–H and O–H groups in total. The zero-order valence-electron chi connectivity index (χ0n) is 24.7. The van der Waals surface area contributed by atoms with Gasteiger partial charge in [0.05, 0.1) is 23.4 Å². The Balaban J connectivity index is 0.000000353. The molecule has 1 fully saturated rings. The molecule has 1 amide bonds. The summed E-state index contributed by atoms with van der Waals surface area (Å²) in [5.74, 6) is -0.458. The van der Waals surface area contributed by atoms with E-state index in [1.54, 1.807) is 19.9 Å². The third kappa shape index (κ3) is 10.2. The zero-order chi connectivity index (χ0) is 31.2. The van der Waals surface area contributed by atoms with Gasteiger partial charge in [0.25, 0.3) is 0 Å². The Labute approximate surface area is 252 Å². The summed E-state index contributed by atoms with van der Waals surface area (Å²) in [6.45, 7) is 5.74. The fourth-order valence-electron chi connectivity index (χ4n) is 4.77. The van der Waals surface area contributed by atoms with E-state index in [1.165, 1.54) is 0 Å². The van der Waals surface area contributed by atoms with Gasteiger partial charge in [-0.2, -0.15) is 5.26 Å². The molecule has 1 saturated heterocycles. The Hall–Kier alpha value is -4.75. The van der Waals surface area contributed by atoms with E-state index in [0.717, 1.165) is 37.1 Å². The average molecular weight is 586 g/mol. The number of aromatic nitrogens is 1. The summed E-state index contributed by atoms with van der Waals surface area (Å²) in [5, 5.41) is 21.1. The maximum Gasteiger partial charge on any atom is 0.340 e. The second-order valence-corrected chi connectivity index (χ2v) is 10.4. The van der Waals surface area contributed by atoms with Crippen LogP contribution in [0.3, 0.4) is 0 Å². The summed E-state index contributed by atoms with van der Waals surface area (Å²) in [6, 6.07) is 22.1. The number of nitrogens with one attached hydrogen (secondary N) is 1. The molecule has 0 bridgehead atoms. The minimum Gasteiger partial charge on any atom is -0.480 e. The monoisotopic (exact) mass is 585 g/mol. The Bertz CT molecular complexity index is 1400. The second kappa shape index (κ2) is 16.6. The molecule has 10 nitrogen and oxygen atoms in total. The number of rotatable bonds is 10. The van der Waals surface area contributed by atoms with Gasteiger partial charge in [-0.25, -0.2) is 9.78 Å². The number of nitrogens with zero attached hydrogens (tertiary/aromatic N) is 3. The number of aliphatic carboxylic acids is 1. The normalized spacial score (nSPS) is 13.6.